The average molecular weight is 532 g/mol. The van der Waals surface area contributed by atoms with Crippen LogP contribution in [0.2, 0.25) is 5.02 Å². The van der Waals surface area contributed by atoms with Gasteiger partial charge < -0.3 is 15.4 Å². The summed E-state index contributed by atoms with van der Waals surface area (Å²) >= 11 is 5.93. The zero-order chi connectivity index (χ0) is 19.6. The highest BCUT2D eigenvalue weighted by Gasteiger charge is 2.09. The van der Waals surface area contributed by atoms with Gasteiger partial charge in [0, 0.05) is 36.8 Å². The lowest BCUT2D eigenvalue weighted by atomic mass is 10.2. The molecule has 0 spiro atoms. The Morgan fingerprint density at radius 2 is 2.07 bits per heavy atom. The summed E-state index contributed by atoms with van der Waals surface area (Å²) in [6, 6.07) is 5.58. The molecule has 156 valence electrons. The predicted octanol–water partition coefficient (Wildman–Crippen LogP) is 3.41. The Morgan fingerprint density at radius 1 is 1.37 bits per heavy atom. The topological polar surface area (TPSA) is 79.8 Å². The van der Waals surface area contributed by atoms with Gasteiger partial charge in [-0.15, -0.1) is 24.0 Å². The first-order valence-electron chi connectivity index (χ1n) is 8.82. The van der Waals surface area contributed by atoms with Crippen LogP contribution in [0.5, 0.6) is 5.75 Å². The van der Waals surface area contributed by atoms with Crippen molar-refractivity contribution in [1.29, 1.82) is 0 Å². The van der Waals surface area contributed by atoms with Crippen molar-refractivity contribution in [3.63, 3.8) is 0 Å². The second kappa shape index (κ2) is 13.4. The fourth-order valence-corrected chi connectivity index (χ4v) is 3.24. The molecule has 0 aliphatic carbocycles. The molecule has 1 atom stereocenters. The number of nitrogens with zero attached hydrogens (tertiary/aromatic N) is 1. The Kier molecular flexibility index (Phi) is 13.1. The second-order valence-electron chi connectivity index (χ2n) is 6.34. The summed E-state index contributed by atoms with van der Waals surface area (Å²) in [7, 11) is -2.95. The van der Waals surface area contributed by atoms with E-state index < -0.39 is 9.84 Å². The standard InChI is InChI=1S/C18H30ClN3O3S.HI/c1-5-20-18(22-15(3)9-12-26(4,23)24)21-10-6-11-25-17-8-7-16(19)13-14(17)2;/h7-8,13,15H,5-6,9-12H2,1-4H3,(H2,20,21,22);1H. The Hall–Kier alpha value is -0.740. The Bertz CT molecular complexity index is 699. The third-order valence-electron chi connectivity index (χ3n) is 3.62. The van der Waals surface area contributed by atoms with E-state index in [-0.39, 0.29) is 35.8 Å². The Labute approximate surface area is 185 Å². The number of ether oxygens (including phenoxy) is 1. The SMILES string of the molecule is CCNC(=NCCCOc1ccc(Cl)cc1C)NC(C)CCS(C)(=O)=O.I. The molecule has 1 unspecified atom stereocenters. The van der Waals surface area contributed by atoms with Gasteiger partial charge in [-0.1, -0.05) is 11.6 Å². The predicted molar refractivity (Wildman–Crippen MR) is 125 cm³/mol. The summed E-state index contributed by atoms with van der Waals surface area (Å²) < 4.78 is 28.3. The molecular formula is C18H31ClIN3O3S. The van der Waals surface area contributed by atoms with E-state index >= 15 is 0 Å². The van der Waals surface area contributed by atoms with Crippen molar-refractivity contribution in [2.45, 2.75) is 39.7 Å². The van der Waals surface area contributed by atoms with E-state index in [9.17, 15) is 8.42 Å². The molecule has 0 fully saturated rings. The number of benzene rings is 1. The number of aryl methyl sites for hydroxylation is 1. The van der Waals surface area contributed by atoms with Gasteiger partial charge in [0.05, 0.1) is 12.4 Å². The summed E-state index contributed by atoms with van der Waals surface area (Å²) in [4.78, 5) is 4.51. The van der Waals surface area contributed by atoms with Gasteiger partial charge in [-0.25, -0.2) is 8.42 Å². The summed E-state index contributed by atoms with van der Waals surface area (Å²) in [6.07, 6.45) is 2.57. The molecular weight excluding hydrogens is 501 g/mol. The number of aliphatic imine (C=N–C) groups is 1. The number of guanidine groups is 1. The van der Waals surface area contributed by atoms with Crippen LogP contribution < -0.4 is 15.4 Å². The quantitative estimate of drug-likeness (QED) is 0.209. The molecule has 1 aromatic rings. The molecule has 0 radical (unpaired) electrons. The molecule has 0 amide bonds. The highest BCUT2D eigenvalue weighted by molar-refractivity contribution is 14.0. The van der Waals surface area contributed by atoms with Crippen LogP contribution in [0.15, 0.2) is 23.2 Å². The Balaban J connectivity index is 0.00000676. The van der Waals surface area contributed by atoms with Crippen molar-refractivity contribution in [3.05, 3.63) is 28.8 Å². The average Bonchev–Trinajstić information content (AvgIpc) is 2.54. The van der Waals surface area contributed by atoms with Crippen molar-refractivity contribution < 1.29 is 13.2 Å². The zero-order valence-electron chi connectivity index (χ0n) is 16.4. The van der Waals surface area contributed by atoms with Crippen molar-refractivity contribution in [2.75, 3.05) is 31.7 Å². The third kappa shape index (κ3) is 12.4. The van der Waals surface area contributed by atoms with E-state index in [1.165, 1.54) is 6.26 Å². The lowest BCUT2D eigenvalue weighted by Crippen LogP contribution is -2.43. The van der Waals surface area contributed by atoms with Gasteiger partial charge >= 0.3 is 0 Å². The minimum absolute atomic E-state index is 0. The van der Waals surface area contributed by atoms with E-state index in [0.717, 1.165) is 24.3 Å². The lowest BCUT2D eigenvalue weighted by Gasteiger charge is -2.17. The smallest absolute Gasteiger partial charge is 0.191 e. The van der Waals surface area contributed by atoms with Crippen molar-refractivity contribution >= 4 is 51.4 Å². The number of nitrogens with one attached hydrogen (secondary N) is 2. The van der Waals surface area contributed by atoms with Gasteiger partial charge in [-0.05, 0) is 51.0 Å². The number of rotatable bonds is 10. The van der Waals surface area contributed by atoms with Crippen LogP contribution in [0, 0.1) is 6.92 Å². The minimum Gasteiger partial charge on any atom is -0.493 e. The number of sulfone groups is 1. The van der Waals surface area contributed by atoms with Crippen molar-refractivity contribution in [3.8, 4) is 5.75 Å². The number of halogens is 2. The summed E-state index contributed by atoms with van der Waals surface area (Å²) in [5.41, 5.74) is 1.01. The van der Waals surface area contributed by atoms with Crippen LogP contribution in [-0.4, -0.2) is 52.1 Å². The Morgan fingerprint density at radius 3 is 2.67 bits per heavy atom. The second-order valence-corrected chi connectivity index (χ2v) is 9.03. The minimum atomic E-state index is -2.95. The van der Waals surface area contributed by atoms with Crippen LogP contribution >= 0.6 is 35.6 Å². The van der Waals surface area contributed by atoms with Gasteiger partial charge in [-0.2, -0.15) is 0 Å². The molecule has 0 aliphatic heterocycles. The molecule has 9 heteroatoms. The normalized spacial score (nSPS) is 12.9. The summed E-state index contributed by atoms with van der Waals surface area (Å²) in [5.74, 6) is 1.68. The molecule has 1 rings (SSSR count). The number of hydrogen-bond acceptors (Lipinski definition) is 4. The van der Waals surface area contributed by atoms with E-state index in [0.29, 0.717) is 30.6 Å². The van der Waals surface area contributed by atoms with Crippen LogP contribution in [-0.2, 0) is 9.84 Å². The van der Waals surface area contributed by atoms with Gasteiger partial charge in [0.25, 0.3) is 0 Å². The van der Waals surface area contributed by atoms with Crippen LogP contribution in [0.4, 0.5) is 0 Å². The fraction of sp³-hybridized carbons (Fsp3) is 0.611. The van der Waals surface area contributed by atoms with Gasteiger partial charge in [0.1, 0.15) is 15.6 Å². The maximum atomic E-state index is 11.3. The molecule has 1 aromatic carbocycles. The highest BCUT2D eigenvalue weighted by Crippen LogP contribution is 2.21. The lowest BCUT2D eigenvalue weighted by molar-refractivity contribution is 0.311. The van der Waals surface area contributed by atoms with Gasteiger partial charge in [-0.3, -0.25) is 4.99 Å². The molecule has 0 aliphatic rings. The monoisotopic (exact) mass is 531 g/mol. The molecule has 0 saturated heterocycles. The fourth-order valence-electron chi connectivity index (χ4n) is 2.23. The van der Waals surface area contributed by atoms with E-state index in [1.807, 2.05) is 39.0 Å². The number of hydrogen-bond donors (Lipinski definition) is 2. The molecule has 2 N–H and O–H groups in total. The zero-order valence-corrected chi connectivity index (χ0v) is 20.3. The van der Waals surface area contributed by atoms with Crippen LogP contribution in [0.3, 0.4) is 0 Å². The molecule has 6 nitrogen and oxygen atoms in total. The maximum absolute atomic E-state index is 11.3. The molecule has 0 aromatic heterocycles. The molecule has 0 saturated carbocycles. The first-order chi connectivity index (χ1) is 12.2. The maximum Gasteiger partial charge on any atom is 0.191 e. The van der Waals surface area contributed by atoms with E-state index in [1.54, 1.807) is 0 Å². The first kappa shape index (κ1) is 26.3. The molecule has 0 bridgehead atoms. The molecule has 0 heterocycles. The van der Waals surface area contributed by atoms with Crippen molar-refractivity contribution in [1.82, 2.24) is 10.6 Å². The van der Waals surface area contributed by atoms with Crippen LogP contribution in [0.25, 0.3) is 0 Å². The third-order valence-corrected chi connectivity index (χ3v) is 4.83. The molecule has 27 heavy (non-hydrogen) atoms. The van der Waals surface area contributed by atoms with Gasteiger partial charge in [0.2, 0.25) is 0 Å². The highest BCUT2D eigenvalue weighted by atomic mass is 127. The van der Waals surface area contributed by atoms with Gasteiger partial charge in [0.15, 0.2) is 5.96 Å². The largest absolute Gasteiger partial charge is 0.493 e. The van der Waals surface area contributed by atoms with E-state index in [2.05, 4.69) is 15.6 Å². The van der Waals surface area contributed by atoms with Crippen molar-refractivity contribution in [2.24, 2.45) is 4.99 Å². The summed E-state index contributed by atoms with van der Waals surface area (Å²) in [6.45, 7) is 7.82. The van der Waals surface area contributed by atoms with E-state index in [4.69, 9.17) is 16.3 Å². The first-order valence-corrected chi connectivity index (χ1v) is 11.3. The summed E-state index contributed by atoms with van der Waals surface area (Å²) in [5, 5.41) is 7.10. The van der Waals surface area contributed by atoms with Crippen LogP contribution in [0.1, 0.15) is 32.3 Å².